The van der Waals surface area contributed by atoms with Crippen LogP contribution in [0.4, 0.5) is 11.4 Å². The van der Waals surface area contributed by atoms with Gasteiger partial charge >= 0.3 is 11.9 Å². The van der Waals surface area contributed by atoms with Crippen LogP contribution < -0.4 is 5.32 Å². The largest absolute Gasteiger partial charge is 0.419 e. The molecule has 4 rings (SSSR count). The Morgan fingerprint density at radius 1 is 1.09 bits per heavy atom. The van der Waals surface area contributed by atoms with Gasteiger partial charge in [0.1, 0.15) is 5.01 Å². The lowest BCUT2D eigenvalue weighted by molar-refractivity contribution is -0.385. The number of nitrogens with one attached hydrogen (secondary N) is 1. The summed E-state index contributed by atoms with van der Waals surface area (Å²) in [5.41, 5.74) is 3.10. The van der Waals surface area contributed by atoms with E-state index in [1.165, 1.54) is 37.5 Å². The molecule has 0 bridgehead atoms. The lowest BCUT2D eigenvalue weighted by atomic mass is 10.1. The Labute approximate surface area is 192 Å². The second-order valence-electron chi connectivity index (χ2n) is 7.76. The summed E-state index contributed by atoms with van der Waals surface area (Å²) >= 11 is 1.40. The standard InChI is InChI=1S/C23H19N3O6S/c1-13-7-8-14(10-19(13)26(29)30)18-12-33-20(25-18)15-5-4-6-16(9-15)24-11-17-21(27)31-23(2,3)32-22(17)28/h4-12,24H,1-3H3. The van der Waals surface area contributed by atoms with E-state index in [9.17, 15) is 19.7 Å². The summed E-state index contributed by atoms with van der Waals surface area (Å²) in [6.45, 7) is 4.65. The molecular weight excluding hydrogens is 446 g/mol. The Morgan fingerprint density at radius 2 is 1.82 bits per heavy atom. The van der Waals surface area contributed by atoms with E-state index < -0.39 is 22.6 Å². The van der Waals surface area contributed by atoms with Crippen LogP contribution >= 0.6 is 11.3 Å². The molecule has 0 amide bonds. The third-order valence-corrected chi connectivity index (χ3v) is 5.71. The number of cyclic esters (lactones) is 2. The highest BCUT2D eigenvalue weighted by Gasteiger charge is 2.38. The van der Waals surface area contributed by atoms with Crippen molar-refractivity contribution in [3.05, 3.63) is 75.3 Å². The van der Waals surface area contributed by atoms with E-state index in [0.717, 1.165) is 5.56 Å². The highest BCUT2D eigenvalue weighted by Crippen LogP contribution is 2.32. The molecule has 0 radical (unpaired) electrons. The van der Waals surface area contributed by atoms with Gasteiger partial charge in [-0.05, 0) is 19.1 Å². The number of esters is 2. The predicted molar refractivity (Wildman–Crippen MR) is 122 cm³/mol. The number of aryl methyl sites for hydroxylation is 1. The van der Waals surface area contributed by atoms with E-state index >= 15 is 0 Å². The van der Waals surface area contributed by atoms with Gasteiger partial charge < -0.3 is 14.8 Å². The number of nitro benzene ring substituents is 1. The van der Waals surface area contributed by atoms with E-state index in [0.29, 0.717) is 27.5 Å². The third-order valence-electron chi connectivity index (χ3n) is 4.82. The second kappa shape index (κ2) is 8.47. The maximum atomic E-state index is 12.1. The van der Waals surface area contributed by atoms with Crippen molar-refractivity contribution < 1.29 is 24.0 Å². The molecule has 9 nitrogen and oxygen atoms in total. The molecule has 1 aliphatic heterocycles. The summed E-state index contributed by atoms with van der Waals surface area (Å²) in [5, 5.41) is 16.7. The van der Waals surface area contributed by atoms with Crippen molar-refractivity contribution in [2.24, 2.45) is 0 Å². The first-order chi connectivity index (χ1) is 15.6. The van der Waals surface area contributed by atoms with E-state index in [1.54, 1.807) is 37.3 Å². The Bertz CT molecular complexity index is 1290. The molecule has 2 heterocycles. The summed E-state index contributed by atoms with van der Waals surface area (Å²) in [6, 6.07) is 12.3. The molecule has 3 aromatic rings. The van der Waals surface area contributed by atoms with Gasteiger partial charge in [-0.3, -0.25) is 10.1 Å². The Hall–Kier alpha value is -4.05. The summed E-state index contributed by atoms with van der Waals surface area (Å²) in [6.07, 6.45) is 1.25. The second-order valence-corrected chi connectivity index (χ2v) is 8.62. The van der Waals surface area contributed by atoms with Crippen molar-refractivity contribution in [3.63, 3.8) is 0 Å². The number of hydrogen-bond donors (Lipinski definition) is 1. The van der Waals surface area contributed by atoms with Crippen LogP contribution in [0.25, 0.3) is 21.8 Å². The molecule has 0 aliphatic carbocycles. The molecule has 1 fully saturated rings. The number of carbonyl (C=O) groups is 2. The predicted octanol–water partition coefficient (Wildman–Crippen LogP) is 4.83. The zero-order chi connectivity index (χ0) is 23.8. The number of nitrogens with zero attached hydrogens (tertiary/aromatic N) is 2. The normalized spacial score (nSPS) is 14.9. The van der Waals surface area contributed by atoms with Crippen molar-refractivity contribution in [3.8, 4) is 21.8 Å². The van der Waals surface area contributed by atoms with Crippen LogP contribution in [0.2, 0.25) is 0 Å². The first-order valence-corrected chi connectivity index (χ1v) is 10.8. The molecule has 1 aromatic heterocycles. The summed E-state index contributed by atoms with van der Waals surface area (Å²) < 4.78 is 10.1. The van der Waals surface area contributed by atoms with E-state index in [2.05, 4.69) is 10.3 Å². The smallest absolute Gasteiger partial charge is 0.350 e. The van der Waals surface area contributed by atoms with Crippen molar-refractivity contribution in [1.29, 1.82) is 0 Å². The van der Waals surface area contributed by atoms with Gasteiger partial charge in [0.05, 0.1) is 10.6 Å². The van der Waals surface area contributed by atoms with Crippen LogP contribution in [0.3, 0.4) is 0 Å². The minimum Gasteiger partial charge on any atom is -0.419 e. The molecule has 1 aliphatic rings. The van der Waals surface area contributed by atoms with E-state index in [1.807, 2.05) is 11.4 Å². The minimum atomic E-state index is -1.30. The topological polar surface area (TPSA) is 121 Å². The van der Waals surface area contributed by atoms with Crippen LogP contribution in [0.5, 0.6) is 0 Å². The van der Waals surface area contributed by atoms with Crippen LogP contribution in [0.15, 0.2) is 59.6 Å². The number of hydrogen-bond acceptors (Lipinski definition) is 9. The van der Waals surface area contributed by atoms with Gasteiger partial charge in [-0.25, -0.2) is 14.6 Å². The number of benzene rings is 2. The number of aromatic nitrogens is 1. The molecule has 0 atom stereocenters. The van der Waals surface area contributed by atoms with E-state index in [-0.39, 0.29) is 11.3 Å². The summed E-state index contributed by atoms with van der Waals surface area (Å²) in [4.78, 5) is 39.6. The van der Waals surface area contributed by atoms with Crippen LogP contribution in [-0.4, -0.2) is 27.6 Å². The van der Waals surface area contributed by atoms with Gasteiger partial charge in [0.15, 0.2) is 5.57 Å². The Kier molecular flexibility index (Phi) is 5.69. The average Bonchev–Trinajstić information content (AvgIpc) is 3.23. The van der Waals surface area contributed by atoms with Crippen LogP contribution in [-0.2, 0) is 19.1 Å². The zero-order valence-corrected chi connectivity index (χ0v) is 18.8. The quantitative estimate of drug-likeness (QED) is 0.187. The molecule has 1 saturated heterocycles. The molecule has 1 N–H and O–H groups in total. The average molecular weight is 465 g/mol. The van der Waals surface area contributed by atoms with Gasteiger partial charge in [0.25, 0.3) is 11.5 Å². The fourth-order valence-corrected chi connectivity index (χ4v) is 4.01. The van der Waals surface area contributed by atoms with Crippen molar-refractivity contribution in [1.82, 2.24) is 4.98 Å². The van der Waals surface area contributed by atoms with Gasteiger partial charge in [-0.1, -0.05) is 24.3 Å². The fraction of sp³-hybridized carbons (Fsp3) is 0.174. The molecular formula is C23H19N3O6S. The highest BCUT2D eigenvalue weighted by molar-refractivity contribution is 7.13. The molecule has 0 unspecified atom stereocenters. The van der Waals surface area contributed by atoms with Crippen LogP contribution in [0, 0.1) is 17.0 Å². The highest BCUT2D eigenvalue weighted by atomic mass is 32.1. The lowest BCUT2D eigenvalue weighted by Gasteiger charge is -2.29. The monoisotopic (exact) mass is 465 g/mol. The molecule has 10 heteroatoms. The zero-order valence-electron chi connectivity index (χ0n) is 17.9. The Morgan fingerprint density at radius 3 is 2.52 bits per heavy atom. The molecule has 0 saturated carbocycles. The fourth-order valence-electron chi connectivity index (χ4n) is 3.18. The van der Waals surface area contributed by atoms with E-state index in [4.69, 9.17) is 9.47 Å². The number of rotatable bonds is 5. The maximum absolute atomic E-state index is 12.1. The van der Waals surface area contributed by atoms with Gasteiger partial charge in [0.2, 0.25) is 0 Å². The van der Waals surface area contributed by atoms with Crippen molar-refractivity contribution in [2.75, 3.05) is 5.32 Å². The third kappa shape index (κ3) is 4.75. The first kappa shape index (κ1) is 22.2. The summed E-state index contributed by atoms with van der Waals surface area (Å²) in [7, 11) is 0. The van der Waals surface area contributed by atoms with Gasteiger partial charge in [0, 0.05) is 53.9 Å². The molecule has 0 spiro atoms. The lowest BCUT2D eigenvalue weighted by Crippen LogP contribution is -2.42. The van der Waals surface area contributed by atoms with Crippen molar-refractivity contribution >= 4 is 34.7 Å². The molecule has 168 valence electrons. The van der Waals surface area contributed by atoms with Gasteiger partial charge in [-0.15, -0.1) is 11.3 Å². The molecule has 33 heavy (non-hydrogen) atoms. The summed E-state index contributed by atoms with van der Waals surface area (Å²) in [5.74, 6) is -2.83. The SMILES string of the molecule is Cc1ccc(-c2csc(-c3cccc(NC=C4C(=O)OC(C)(C)OC4=O)c3)n2)cc1[N+](=O)[O-]. The molecule has 2 aromatic carbocycles. The number of ether oxygens (including phenoxy) is 2. The number of carbonyl (C=O) groups excluding carboxylic acids is 2. The minimum absolute atomic E-state index is 0.0458. The van der Waals surface area contributed by atoms with Gasteiger partial charge in [-0.2, -0.15) is 0 Å². The number of nitro groups is 1. The maximum Gasteiger partial charge on any atom is 0.350 e. The van der Waals surface area contributed by atoms with Crippen molar-refractivity contribution in [2.45, 2.75) is 26.6 Å². The number of thiazole rings is 1. The van der Waals surface area contributed by atoms with Crippen LogP contribution in [0.1, 0.15) is 19.4 Å². The number of anilines is 1. The Balaban J connectivity index is 1.55. The first-order valence-electron chi connectivity index (χ1n) is 9.88.